The number of amides is 1. The van der Waals surface area contributed by atoms with Crippen LogP contribution in [-0.4, -0.2) is 47.5 Å². The van der Waals surface area contributed by atoms with Gasteiger partial charge in [0.25, 0.3) is 0 Å². The van der Waals surface area contributed by atoms with Crippen LogP contribution in [0.3, 0.4) is 0 Å². The first-order valence-corrected chi connectivity index (χ1v) is 5.73. The van der Waals surface area contributed by atoms with Crippen LogP contribution in [0.4, 0.5) is 0 Å². The van der Waals surface area contributed by atoms with Gasteiger partial charge in [0, 0.05) is 18.6 Å². The second-order valence-corrected chi connectivity index (χ2v) is 5.68. The van der Waals surface area contributed by atoms with Gasteiger partial charge in [-0.05, 0) is 32.6 Å². The van der Waals surface area contributed by atoms with E-state index in [9.17, 15) is 4.79 Å². The Balaban J connectivity index is 0.00000128. The summed E-state index contributed by atoms with van der Waals surface area (Å²) >= 11 is 0. The van der Waals surface area contributed by atoms with Gasteiger partial charge in [0.1, 0.15) is 0 Å². The molecule has 1 aliphatic carbocycles. The first-order chi connectivity index (χ1) is 6.94. The predicted molar refractivity (Wildman–Crippen MR) is 66.4 cm³/mol. The summed E-state index contributed by atoms with van der Waals surface area (Å²) in [5, 5.41) is 0. The van der Waals surface area contributed by atoms with E-state index >= 15 is 0 Å². The summed E-state index contributed by atoms with van der Waals surface area (Å²) in [4.78, 5) is 15.8. The van der Waals surface area contributed by atoms with E-state index in [1.165, 1.54) is 12.8 Å². The zero-order chi connectivity index (χ0) is 11.1. The molecule has 0 aromatic rings. The van der Waals surface area contributed by atoms with Gasteiger partial charge in [-0.15, -0.1) is 12.4 Å². The molecule has 2 fully saturated rings. The molecule has 1 aliphatic heterocycles. The van der Waals surface area contributed by atoms with Crippen molar-refractivity contribution in [2.24, 2.45) is 11.7 Å². The SMILES string of the molecule is CC(C)(N)CN1CC(=O)N(CC2CC2)C1.Cl. The van der Waals surface area contributed by atoms with Crippen molar-refractivity contribution in [2.45, 2.75) is 32.2 Å². The second kappa shape index (κ2) is 4.90. The summed E-state index contributed by atoms with van der Waals surface area (Å²) in [6.07, 6.45) is 2.60. The molecule has 0 spiro atoms. The lowest BCUT2D eigenvalue weighted by atomic mass is 10.1. The molecule has 16 heavy (non-hydrogen) atoms. The maximum absolute atomic E-state index is 11.7. The van der Waals surface area contributed by atoms with Crippen molar-refractivity contribution in [3.63, 3.8) is 0 Å². The Hall–Kier alpha value is -0.320. The Bertz CT molecular complexity index is 260. The van der Waals surface area contributed by atoms with Crippen LogP contribution in [0.2, 0.25) is 0 Å². The van der Waals surface area contributed by atoms with Crippen molar-refractivity contribution in [2.75, 3.05) is 26.3 Å². The number of nitrogens with two attached hydrogens (primary N) is 1. The molecule has 1 saturated heterocycles. The van der Waals surface area contributed by atoms with Gasteiger partial charge in [0.05, 0.1) is 13.2 Å². The average molecular weight is 248 g/mol. The molecule has 1 saturated carbocycles. The van der Waals surface area contributed by atoms with Gasteiger partial charge in [0.2, 0.25) is 5.91 Å². The van der Waals surface area contributed by atoms with Crippen LogP contribution in [0.25, 0.3) is 0 Å². The minimum absolute atomic E-state index is 0. The number of rotatable bonds is 4. The largest absolute Gasteiger partial charge is 0.328 e. The summed E-state index contributed by atoms with van der Waals surface area (Å²) < 4.78 is 0. The highest BCUT2D eigenvalue weighted by Gasteiger charge is 2.33. The van der Waals surface area contributed by atoms with Gasteiger partial charge in [0.15, 0.2) is 0 Å². The Morgan fingerprint density at radius 1 is 1.44 bits per heavy atom. The fraction of sp³-hybridized carbons (Fsp3) is 0.909. The van der Waals surface area contributed by atoms with Crippen molar-refractivity contribution in [1.82, 2.24) is 9.80 Å². The number of nitrogens with zero attached hydrogens (tertiary/aromatic N) is 2. The van der Waals surface area contributed by atoms with Crippen molar-refractivity contribution >= 4 is 18.3 Å². The molecule has 0 aromatic heterocycles. The summed E-state index contributed by atoms with van der Waals surface area (Å²) in [7, 11) is 0. The molecule has 2 N–H and O–H groups in total. The first kappa shape index (κ1) is 13.7. The van der Waals surface area contributed by atoms with E-state index < -0.39 is 0 Å². The minimum atomic E-state index is -0.212. The van der Waals surface area contributed by atoms with Crippen LogP contribution in [-0.2, 0) is 4.79 Å². The molecule has 1 heterocycles. The van der Waals surface area contributed by atoms with E-state index in [1.807, 2.05) is 18.7 Å². The lowest BCUT2D eigenvalue weighted by Gasteiger charge is -2.25. The summed E-state index contributed by atoms with van der Waals surface area (Å²) in [6, 6.07) is 0. The molecule has 4 nitrogen and oxygen atoms in total. The molecule has 0 unspecified atom stereocenters. The Labute approximate surface area is 104 Å². The van der Waals surface area contributed by atoms with Gasteiger partial charge in [-0.25, -0.2) is 0 Å². The third kappa shape index (κ3) is 3.92. The van der Waals surface area contributed by atoms with E-state index in [4.69, 9.17) is 5.73 Å². The highest BCUT2D eigenvalue weighted by atomic mass is 35.5. The van der Waals surface area contributed by atoms with Gasteiger partial charge in [-0.2, -0.15) is 0 Å². The Kier molecular flexibility index (Phi) is 4.21. The molecule has 1 amide bonds. The van der Waals surface area contributed by atoms with E-state index in [2.05, 4.69) is 4.90 Å². The molecule has 0 aromatic carbocycles. The van der Waals surface area contributed by atoms with E-state index in [0.29, 0.717) is 6.54 Å². The number of halogens is 1. The summed E-state index contributed by atoms with van der Waals surface area (Å²) in [5.74, 6) is 1.05. The average Bonchev–Trinajstić information content (AvgIpc) is 2.77. The van der Waals surface area contributed by atoms with E-state index in [0.717, 1.165) is 25.7 Å². The molecular formula is C11H22ClN3O. The summed E-state index contributed by atoms with van der Waals surface area (Å²) in [6.45, 7) is 7.08. The van der Waals surface area contributed by atoms with E-state index in [-0.39, 0.29) is 23.9 Å². The van der Waals surface area contributed by atoms with Crippen LogP contribution in [0.5, 0.6) is 0 Å². The van der Waals surface area contributed by atoms with Gasteiger partial charge >= 0.3 is 0 Å². The van der Waals surface area contributed by atoms with Crippen LogP contribution >= 0.6 is 12.4 Å². The monoisotopic (exact) mass is 247 g/mol. The molecule has 2 rings (SSSR count). The first-order valence-electron chi connectivity index (χ1n) is 5.73. The van der Waals surface area contributed by atoms with Gasteiger partial charge in [-0.3, -0.25) is 9.69 Å². The molecular weight excluding hydrogens is 226 g/mol. The molecule has 94 valence electrons. The fourth-order valence-electron chi connectivity index (χ4n) is 2.12. The zero-order valence-electron chi connectivity index (χ0n) is 10.1. The van der Waals surface area contributed by atoms with Crippen LogP contribution in [0, 0.1) is 5.92 Å². The minimum Gasteiger partial charge on any atom is -0.328 e. The van der Waals surface area contributed by atoms with E-state index in [1.54, 1.807) is 0 Å². The number of carbonyl (C=O) groups is 1. The third-order valence-electron chi connectivity index (χ3n) is 2.89. The quantitative estimate of drug-likeness (QED) is 0.794. The molecule has 0 bridgehead atoms. The van der Waals surface area contributed by atoms with Gasteiger partial charge < -0.3 is 10.6 Å². The molecule has 2 aliphatic rings. The fourth-order valence-corrected chi connectivity index (χ4v) is 2.12. The van der Waals surface area contributed by atoms with Crippen LogP contribution < -0.4 is 5.73 Å². The molecule has 0 radical (unpaired) electrons. The van der Waals surface area contributed by atoms with Gasteiger partial charge in [-0.1, -0.05) is 0 Å². The molecule has 5 heteroatoms. The van der Waals surface area contributed by atoms with Crippen LogP contribution in [0.1, 0.15) is 26.7 Å². The predicted octanol–water partition coefficient (Wildman–Crippen LogP) is 0.657. The lowest BCUT2D eigenvalue weighted by molar-refractivity contribution is -0.126. The number of hydrogen-bond acceptors (Lipinski definition) is 3. The normalized spacial score (nSPS) is 22.4. The third-order valence-corrected chi connectivity index (χ3v) is 2.89. The zero-order valence-corrected chi connectivity index (χ0v) is 10.9. The van der Waals surface area contributed by atoms with Crippen molar-refractivity contribution < 1.29 is 4.79 Å². The number of carbonyl (C=O) groups excluding carboxylic acids is 1. The molecule has 0 atom stereocenters. The highest BCUT2D eigenvalue weighted by molar-refractivity contribution is 5.85. The maximum Gasteiger partial charge on any atom is 0.237 e. The Morgan fingerprint density at radius 3 is 2.56 bits per heavy atom. The smallest absolute Gasteiger partial charge is 0.237 e. The van der Waals surface area contributed by atoms with Crippen molar-refractivity contribution in [1.29, 1.82) is 0 Å². The van der Waals surface area contributed by atoms with Crippen molar-refractivity contribution in [3.8, 4) is 0 Å². The maximum atomic E-state index is 11.7. The topological polar surface area (TPSA) is 49.6 Å². The Morgan fingerprint density at radius 2 is 2.06 bits per heavy atom. The highest BCUT2D eigenvalue weighted by Crippen LogP contribution is 2.30. The second-order valence-electron chi connectivity index (χ2n) is 5.68. The lowest BCUT2D eigenvalue weighted by Crippen LogP contribution is -2.45. The van der Waals surface area contributed by atoms with Crippen LogP contribution in [0.15, 0.2) is 0 Å². The standard InChI is InChI=1S/C11H21N3O.ClH/c1-11(2,12)7-13-6-10(15)14(8-13)5-9-3-4-9;/h9H,3-8,12H2,1-2H3;1H. The summed E-state index contributed by atoms with van der Waals surface area (Å²) in [5.41, 5.74) is 5.74. The number of hydrogen-bond donors (Lipinski definition) is 1. The van der Waals surface area contributed by atoms with Crippen molar-refractivity contribution in [3.05, 3.63) is 0 Å².